The monoisotopic (exact) mass is 390 g/mol. The molecule has 2 aromatic carbocycles. The van der Waals surface area contributed by atoms with Gasteiger partial charge in [0.2, 0.25) is 5.91 Å². The number of anilines is 1. The average Bonchev–Trinajstić information content (AvgIpc) is 2.67. The van der Waals surface area contributed by atoms with Crippen LogP contribution in [0, 0.1) is 5.82 Å². The van der Waals surface area contributed by atoms with Gasteiger partial charge in [-0.2, -0.15) is 0 Å². The second-order valence-corrected chi connectivity index (χ2v) is 6.62. The quantitative estimate of drug-likeness (QED) is 0.554. The molecule has 2 aromatic rings. The number of hydrogen-bond donors (Lipinski definition) is 1. The standard InChI is InChI=1S/C19H19FN2O4S/c1-22(11-17(23)21-15-9-7-14(20)8-10-15)18(24)12-26-19(25)13-27-16-5-3-2-4-6-16/h2-10H,11-13H2,1H3,(H,21,23). The number of likely N-dealkylation sites (N-methyl/N-ethyl adjacent to an activating group) is 1. The van der Waals surface area contributed by atoms with Crippen molar-refractivity contribution in [2.24, 2.45) is 0 Å². The molecule has 0 aromatic heterocycles. The normalized spacial score (nSPS) is 10.1. The van der Waals surface area contributed by atoms with Crippen LogP contribution in [0.1, 0.15) is 0 Å². The van der Waals surface area contributed by atoms with Crippen LogP contribution in [0.4, 0.5) is 10.1 Å². The third-order valence-electron chi connectivity index (χ3n) is 3.39. The first-order chi connectivity index (χ1) is 12.9. The Bertz CT molecular complexity index is 784. The van der Waals surface area contributed by atoms with E-state index in [1.807, 2.05) is 30.3 Å². The van der Waals surface area contributed by atoms with Gasteiger partial charge in [0.25, 0.3) is 5.91 Å². The number of hydrogen-bond acceptors (Lipinski definition) is 5. The molecule has 0 saturated heterocycles. The van der Waals surface area contributed by atoms with E-state index in [2.05, 4.69) is 5.32 Å². The highest BCUT2D eigenvalue weighted by Crippen LogP contribution is 2.16. The van der Waals surface area contributed by atoms with Crippen LogP contribution in [0.5, 0.6) is 0 Å². The number of rotatable bonds is 8. The summed E-state index contributed by atoms with van der Waals surface area (Å²) in [4.78, 5) is 37.7. The van der Waals surface area contributed by atoms with Crippen molar-refractivity contribution < 1.29 is 23.5 Å². The number of thioether (sulfide) groups is 1. The van der Waals surface area contributed by atoms with Crippen LogP contribution < -0.4 is 5.32 Å². The molecule has 2 rings (SSSR count). The average molecular weight is 390 g/mol. The molecule has 0 spiro atoms. The van der Waals surface area contributed by atoms with Gasteiger partial charge in [-0.05, 0) is 36.4 Å². The van der Waals surface area contributed by atoms with Gasteiger partial charge in [0.15, 0.2) is 6.61 Å². The Morgan fingerprint density at radius 1 is 1.07 bits per heavy atom. The zero-order valence-electron chi connectivity index (χ0n) is 14.7. The molecule has 0 heterocycles. The molecule has 0 aliphatic rings. The highest BCUT2D eigenvalue weighted by atomic mass is 32.2. The van der Waals surface area contributed by atoms with Gasteiger partial charge in [-0.1, -0.05) is 18.2 Å². The van der Waals surface area contributed by atoms with E-state index in [0.29, 0.717) is 5.69 Å². The van der Waals surface area contributed by atoms with Gasteiger partial charge in [0.05, 0.1) is 12.3 Å². The molecule has 8 heteroatoms. The highest BCUT2D eigenvalue weighted by Gasteiger charge is 2.15. The maximum atomic E-state index is 12.8. The summed E-state index contributed by atoms with van der Waals surface area (Å²) in [6.45, 7) is -0.652. The first-order valence-electron chi connectivity index (χ1n) is 8.07. The van der Waals surface area contributed by atoms with Gasteiger partial charge in [0.1, 0.15) is 5.82 Å². The molecule has 0 aliphatic heterocycles. The lowest BCUT2D eigenvalue weighted by Crippen LogP contribution is -2.37. The number of ether oxygens (including phenoxy) is 1. The lowest BCUT2D eigenvalue weighted by molar-refractivity contribution is -0.149. The number of nitrogens with zero attached hydrogens (tertiary/aromatic N) is 1. The summed E-state index contributed by atoms with van der Waals surface area (Å²) in [6.07, 6.45) is 0. The minimum absolute atomic E-state index is 0.0893. The minimum Gasteiger partial charge on any atom is -0.455 e. The number of halogens is 1. The van der Waals surface area contributed by atoms with Crippen molar-refractivity contribution in [2.45, 2.75) is 4.90 Å². The zero-order chi connectivity index (χ0) is 19.6. The van der Waals surface area contributed by atoms with Crippen molar-refractivity contribution in [2.75, 3.05) is 31.3 Å². The molecule has 0 unspecified atom stereocenters. The Labute approximate surface area is 160 Å². The Hall–Kier alpha value is -2.87. The fourth-order valence-electron chi connectivity index (χ4n) is 1.99. The molecule has 0 aliphatic carbocycles. The Balaban J connectivity index is 1.69. The van der Waals surface area contributed by atoms with E-state index in [4.69, 9.17) is 4.74 Å². The molecule has 0 radical (unpaired) electrons. The summed E-state index contributed by atoms with van der Waals surface area (Å²) in [5.74, 6) is -1.77. The molecule has 1 N–H and O–H groups in total. The van der Waals surface area contributed by atoms with Crippen molar-refractivity contribution in [1.29, 1.82) is 0 Å². The highest BCUT2D eigenvalue weighted by molar-refractivity contribution is 8.00. The Morgan fingerprint density at radius 3 is 2.41 bits per heavy atom. The summed E-state index contributed by atoms with van der Waals surface area (Å²) in [7, 11) is 1.43. The fourth-order valence-corrected chi connectivity index (χ4v) is 2.71. The van der Waals surface area contributed by atoms with E-state index in [9.17, 15) is 18.8 Å². The molecular weight excluding hydrogens is 371 g/mol. The molecule has 6 nitrogen and oxygen atoms in total. The maximum Gasteiger partial charge on any atom is 0.316 e. The summed E-state index contributed by atoms with van der Waals surface area (Å²) in [5.41, 5.74) is 0.423. The van der Waals surface area contributed by atoms with E-state index in [-0.39, 0.29) is 12.3 Å². The Morgan fingerprint density at radius 2 is 1.74 bits per heavy atom. The van der Waals surface area contributed by atoms with Crippen LogP contribution in [0.25, 0.3) is 0 Å². The molecule has 0 saturated carbocycles. The lowest BCUT2D eigenvalue weighted by atomic mass is 10.3. The van der Waals surface area contributed by atoms with Gasteiger partial charge in [-0.25, -0.2) is 4.39 Å². The van der Waals surface area contributed by atoms with Crippen molar-refractivity contribution in [3.05, 3.63) is 60.4 Å². The molecule has 27 heavy (non-hydrogen) atoms. The fraction of sp³-hybridized carbons (Fsp3) is 0.211. The van der Waals surface area contributed by atoms with Crippen LogP contribution >= 0.6 is 11.8 Å². The molecule has 0 bridgehead atoms. The van der Waals surface area contributed by atoms with Crippen LogP contribution in [0.2, 0.25) is 0 Å². The predicted octanol–water partition coefficient (Wildman–Crippen LogP) is 2.56. The topological polar surface area (TPSA) is 75.7 Å². The van der Waals surface area contributed by atoms with Gasteiger partial charge < -0.3 is 15.0 Å². The largest absolute Gasteiger partial charge is 0.455 e. The van der Waals surface area contributed by atoms with Crippen LogP contribution in [0.3, 0.4) is 0 Å². The third kappa shape index (κ3) is 7.49. The summed E-state index contributed by atoms with van der Waals surface area (Å²) in [6, 6.07) is 14.6. The van der Waals surface area contributed by atoms with Crippen molar-refractivity contribution in [3.63, 3.8) is 0 Å². The lowest BCUT2D eigenvalue weighted by Gasteiger charge is -2.16. The second kappa shape index (κ2) is 10.3. The van der Waals surface area contributed by atoms with Gasteiger partial charge in [0, 0.05) is 17.6 Å². The van der Waals surface area contributed by atoms with Crippen molar-refractivity contribution in [1.82, 2.24) is 4.90 Å². The second-order valence-electron chi connectivity index (χ2n) is 5.57. The van der Waals surface area contributed by atoms with E-state index in [1.54, 1.807) is 0 Å². The SMILES string of the molecule is CN(CC(=O)Nc1ccc(F)cc1)C(=O)COC(=O)CSc1ccccc1. The maximum absolute atomic E-state index is 12.8. The molecule has 0 fully saturated rings. The van der Waals surface area contributed by atoms with E-state index in [1.165, 1.54) is 43.1 Å². The minimum atomic E-state index is -0.513. The smallest absolute Gasteiger partial charge is 0.316 e. The summed E-state index contributed by atoms with van der Waals surface area (Å²) >= 11 is 1.31. The predicted molar refractivity (Wildman–Crippen MR) is 101 cm³/mol. The number of carbonyl (C=O) groups excluding carboxylic acids is 3. The molecular formula is C19H19FN2O4S. The van der Waals surface area contributed by atoms with Crippen LogP contribution in [0.15, 0.2) is 59.5 Å². The summed E-state index contributed by atoms with van der Waals surface area (Å²) in [5, 5.41) is 2.55. The number of carbonyl (C=O) groups is 3. The van der Waals surface area contributed by atoms with Crippen LogP contribution in [-0.4, -0.2) is 48.6 Å². The van der Waals surface area contributed by atoms with E-state index >= 15 is 0 Å². The number of nitrogens with one attached hydrogen (secondary N) is 1. The van der Waals surface area contributed by atoms with Gasteiger partial charge in [-0.3, -0.25) is 14.4 Å². The molecule has 142 valence electrons. The zero-order valence-corrected chi connectivity index (χ0v) is 15.5. The Kier molecular flexibility index (Phi) is 7.81. The van der Waals surface area contributed by atoms with E-state index < -0.39 is 30.2 Å². The third-order valence-corrected chi connectivity index (χ3v) is 4.38. The number of amides is 2. The van der Waals surface area contributed by atoms with Gasteiger partial charge in [-0.15, -0.1) is 11.8 Å². The summed E-state index contributed by atoms with van der Waals surface area (Å²) < 4.78 is 17.8. The van der Waals surface area contributed by atoms with Crippen molar-refractivity contribution >= 4 is 35.2 Å². The van der Waals surface area contributed by atoms with Gasteiger partial charge >= 0.3 is 5.97 Å². The molecule has 0 atom stereocenters. The molecule has 2 amide bonds. The number of esters is 1. The first-order valence-corrected chi connectivity index (χ1v) is 9.05. The van der Waals surface area contributed by atoms with Crippen molar-refractivity contribution in [3.8, 4) is 0 Å². The van der Waals surface area contributed by atoms with E-state index in [0.717, 1.165) is 9.80 Å². The first kappa shape index (κ1) is 20.4. The van der Waals surface area contributed by atoms with Crippen LogP contribution in [-0.2, 0) is 19.1 Å². The number of benzene rings is 2.